The number of carbonyl (C=O) groups is 2. The Hall–Kier alpha value is -5.63. The van der Waals surface area contributed by atoms with E-state index in [1.54, 1.807) is 29.1 Å². The first kappa shape index (κ1) is 28.2. The molecule has 1 aliphatic carbocycles. The van der Waals surface area contributed by atoms with Crippen LogP contribution in [-0.2, 0) is 12.1 Å². The van der Waals surface area contributed by atoms with Crippen LogP contribution in [0.3, 0.4) is 0 Å². The molecule has 1 fully saturated rings. The molecule has 0 bridgehead atoms. The number of rotatable bonds is 8. The van der Waals surface area contributed by atoms with Gasteiger partial charge in [0.1, 0.15) is 0 Å². The maximum absolute atomic E-state index is 14.2. The molecule has 0 spiro atoms. The number of hydrogen-bond acceptors (Lipinski definition) is 3. The molecule has 5 aromatic carbocycles. The van der Waals surface area contributed by atoms with E-state index in [1.165, 1.54) is 18.2 Å². The fraction of sp³-hybridized carbons (Fsp3) is 0.108. The van der Waals surface area contributed by atoms with Crippen LogP contribution in [0.1, 0.15) is 44.7 Å². The summed E-state index contributed by atoms with van der Waals surface area (Å²) in [5.74, 6) is -3.29. The first-order valence-electron chi connectivity index (χ1n) is 14.6. The number of nitrogens with zero attached hydrogens (tertiary/aromatic N) is 2. The summed E-state index contributed by atoms with van der Waals surface area (Å²) in [6, 6.07) is 31.9. The van der Waals surface area contributed by atoms with Crippen LogP contribution in [0, 0.1) is 11.6 Å². The Bertz CT molecular complexity index is 2070. The standard InChI is InChI=1S/C37H27F2N3O3/c38-32-15-12-27(20-33(32)39)28-18-29-21-40-42(22-23-6-8-25(9-7-23)24-4-2-1-3-5-24)34(29)31(19-28)35(43)41-37(16-17-37)30-13-10-26(11-14-30)36(44)45/h1-15,18-21H,16-17,22H2,(H,41,43)(H,44,45). The number of hydrogen-bond donors (Lipinski definition) is 2. The predicted molar refractivity (Wildman–Crippen MR) is 168 cm³/mol. The first-order chi connectivity index (χ1) is 21.8. The Balaban J connectivity index is 1.26. The number of amides is 1. The van der Waals surface area contributed by atoms with Gasteiger partial charge in [-0.05, 0) is 82.6 Å². The highest BCUT2D eigenvalue weighted by molar-refractivity contribution is 6.08. The number of nitrogens with one attached hydrogen (secondary N) is 1. The Morgan fingerprint density at radius 3 is 2.13 bits per heavy atom. The minimum absolute atomic E-state index is 0.169. The summed E-state index contributed by atoms with van der Waals surface area (Å²) in [5, 5.41) is 17.8. The van der Waals surface area contributed by atoms with Crippen LogP contribution in [0.15, 0.2) is 115 Å². The quantitative estimate of drug-likeness (QED) is 0.187. The van der Waals surface area contributed by atoms with Gasteiger partial charge in [0.25, 0.3) is 5.91 Å². The van der Waals surface area contributed by atoms with Crippen LogP contribution < -0.4 is 5.32 Å². The van der Waals surface area contributed by atoms with Gasteiger partial charge >= 0.3 is 5.97 Å². The molecule has 8 heteroatoms. The third kappa shape index (κ3) is 5.47. The summed E-state index contributed by atoms with van der Waals surface area (Å²) in [5.41, 5.74) is 5.50. The molecule has 2 N–H and O–H groups in total. The molecule has 1 amide bonds. The molecule has 222 valence electrons. The normalized spacial score (nSPS) is 13.5. The third-order valence-electron chi connectivity index (χ3n) is 8.41. The third-order valence-corrected chi connectivity index (χ3v) is 8.41. The van der Waals surface area contributed by atoms with E-state index in [-0.39, 0.29) is 11.5 Å². The number of carbonyl (C=O) groups excluding carboxylic acids is 1. The molecule has 7 rings (SSSR count). The number of carboxylic acids is 1. The van der Waals surface area contributed by atoms with Crippen molar-refractivity contribution in [2.24, 2.45) is 0 Å². The van der Waals surface area contributed by atoms with Gasteiger partial charge in [0.2, 0.25) is 0 Å². The smallest absolute Gasteiger partial charge is 0.335 e. The van der Waals surface area contributed by atoms with Crippen LogP contribution in [0.25, 0.3) is 33.2 Å². The molecule has 0 radical (unpaired) electrons. The Kier molecular flexibility index (Phi) is 6.97. The summed E-state index contributed by atoms with van der Waals surface area (Å²) >= 11 is 0. The van der Waals surface area contributed by atoms with Crippen molar-refractivity contribution < 1.29 is 23.5 Å². The highest BCUT2D eigenvalue weighted by Crippen LogP contribution is 2.46. The van der Waals surface area contributed by atoms with Gasteiger partial charge in [0.15, 0.2) is 11.6 Å². The fourth-order valence-corrected chi connectivity index (χ4v) is 5.80. The monoisotopic (exact) mass is 599 g/mol. The van der Waals surface area contributed by atoms with Gasteiger partial charge in [0.05, 0.1) is 34.9 Å². The van der Waals surface area contributed by atoms with Gasteiger partial charge < -0.3 is 10.4 Å². The molecule has 1 aromatic heterocycles. The van der Waals surface area contributed by atoms with E-state index < -0.39 is 23.1 Å². The zero-order chi connectivity index (χ0) is 31.1. The molecule has 0 atom stereocenters. The van der Waals surface area contributed by atoms with Crippen molar-refractivity contribution in [3.63, 3.8) is 0 Å². The number of aromatic carboxylic acids is 1. The molecule has 6 nitrogen and oxygen atoms in total. The zero-order valence-corrected chi connectivity index (χ0v) is 24.0. The lowest BCUT2D eigenvalue weighted by Gasteiger charge is -2.19. The van der Waals surface area contributed by atoms with E-state index in [0.29, 0.717) is 47.0 Å². The van der Waals surface area contributed by atoms with Crippen LogP contribution in [-0.4, -0.2) is 26.8 Å². The van der Waals surface area contributed by atoms with Gasteiger partial charge in [-0.2, -0.15) is 5.10 Å². The minimum atomic E-state index is -1.02. The van der Waals surface area contributed by atoms with Crippen molar-refractivity contribution in [3.05, 3.63) is 149 Å². The second-order valence-electron chi connectivity index (χ2n) is 11.4. The predicted octanol–water partition coefficient (Wildman–Crippen LogP) is 7.81. The highest BCUT2D eigenvalue weighted by atomic mass is 19.2. The van der Waals surface area contributed by atoms with Crippen LogP contribution >= 0.6 is 0 Å². The van der Waals surface area contributed by atoms with E-state index in [1.807, 2.05) is 36.4 Å². The number of benzene rings is 5. The maximum Gasteiger partial charge on any atom is 0.335 e. The van der Waals surface area contributed by atoms with E-state index in [2.05, 4.69) is 34.7 Å². The van der Waals surface area contributed by atoms with Crippen molar-refractivity contribution in [3.8, 4) is 22.3 Å². The Labute approximate surface area is 257 Å². The van der Waals surface area contributed by atoms with E-state index in [0.717, 1.165) is 34.4 Å². The molecule has 1 heterocycles. The second kappa shape index (κ2) is 11.1. The summed E-state index contributed by atoms with van der Waals surface area (Å²) < 4.78 is 29.7. The molecule has 0 aliphatic heterocycles. The lowest BCUT2D eigenvalue weighted by molar-refractivity contribution is 0.0696. The summed E-state index contributed by atoms with van der Waals surface area (Å²) in [6.45, 7) is 0.408. The molecule has 0 unspecified atom stereocenters. The summed E-state index contributed by atoms with van der Waals surface area (Å²) in [6.07, 6.45) is 3.07. The molecule has 1 aliphatic rings. The van der Waals surface area contributed by atoms with Crippen LogP contribution in [0.5, 0.6) is 0 Å². The van der Waals surface area contributed by atoms with Crippen molar-refractivity contribution in [1.29, 1.82) is 0 Å². The molecular weight excluding hydrogens is 572 g/mol. The van der Waals surface area contributed by atoms with Crippen molar-refractivity contribution in [1.82, 2.24) is 15.1 Å². The lowest BCUT2D eigenvalue weighted by atomic mass is 9.98. The topological polar surface area (TPSA) is 84.2 Å². The highest BCUT2D eigenvalue weighted by Gasteiger charge is 2.46. The number of carboxylic acid groups (broad SMARTS) is 1. The van der Waals surface area contributed by atoms with Gasteiger partial charge in [0, 0.05) is 5.39 Å². The van der Waals surface area contributed by atoms with Crippen molar-refractivity contribution in [2.75, 3.05) is 0 Å². The number of aromatic nitrogens is 2. The summed E-state index contributed by atoms with van der Waals surface area (Å²) in [7, 11) is 0. The molecular formula is C37H27F2N3O3. The van der Waals surface area contributed by atoms with Crippen LogP contribution in [0.2, 0.25) is 0 Å². The molecule has 45 heavy (non-hydrogen) atoms. The largest absolute Gasteiger partial charge is 0.478 e. The lowest BCUT2D eigenvalue weighted by Crippen LogP contribution is -2.35. The first-order valence-corrected chi connectivity index (χ1v) is 14.6. The minimum Gasteiger partial charge on any atom is -0.478 e. The van der Waals surface area contributed by atoms with E-state index in [9.17, 15) is 23.5 Å². The number of halogens is 2. The Morgan fingerprint density at radius 2 is 1.47 bits per heavy atom. The van der Waals surface area contributed by atoms with Crippen molar-refractivity contribution in [2.45, 2.75) is 24.9 Å². The number of fused-ring (bicyclic) bond motifs is 1. The molecule has 1 saturated carbocycles. The van der Waals surface area contributed by atoms with E-state index >= 15 is 0 Å². The average Bonchev–Trinajstić information content (AvgIpc) is 3.74. The molecule has 6 aromatic rings. The van der Waals surface area contributed by atoms with Crippen LogP contribution in [0.4, 0.5) is 8.78 Å². The SMILES string of the molecule is O=C(O)c1ccc(C2(NC(=O)c3cc(-c4ccc(F)c(F)c4)cc4cnn(Cc5ccc(-c6ccccc6)cc5)c34)CC2)cc1. The second-order valence-corrected chi connectivity index (χ2v) is 11.4. The van der Waals surface area contributed by atoms with Crippen molar-refractivity contribution >= 4 is 22.8 Å². The van der Waals surface area contributed by atoms with Gasteiger partial charge in [-0.15, -0.1) is 0 Å². The fourth-order valence-electron chi connectivity index (χ4n) is 5.80. The van der Waals surface area contributed by atoms with Gasteiger partial charge in [-0.1, -0.05) is 72.8 Å². The van der Waals surface area contributed by atoms with Gasteiger partial charge in [-0.25, -0.2) is 13.6 Å². The average molecular weight is 600 g/mol. The maximum atomic E-state index is 14.2. The zero-order valence-electron chi connectivity index (χ0n) is 24.0. The summed E-state index contributed by atoms with van der Waals surface area (Å²) in [4.78, 5) is 25.4. The Morgan fingerprint density at radius 1 is 0.778 bits per heavy atom. The van der Waals surface area contributed by atoms with E-state index in [4.69, 9.17) is 0 Å². The van der Waals surface area contributed by atoms with Gasteiger partial charge in [-0.3, -0.25) is 9.48 Å². The molecule has 0 saturated heterocycles.